The van der Waals surface area contributed by atoms with Crippen molar-refractivity contribution in [2.24, 2.45) is 37.9 Å². The summed E-state index contributed by atoms with van der Waals surface area (Å²) in [6.45, 7) is 41.6. The molecule has 139 heavy (non-hydrogen) atoms. The van der Waals surface area contributed by atoms with Crippen molar-refractivity contribution < 1.29 is 111 Å². The van der Waals surface area contributed by atoms with Gasteiger partial charge >= 0.3 is 0 Å². The summed E-state index contributed by atoms with van der Waals surface area (Å²) in [5.74, 6) is -1.30. The second kappa shape index (κ2) is 60.0. The predicted molar refractivity (Wildman–Crippen MR) is 570 cm³/mol. The first kappa shape index (κ1) is 132. The van der Waals surface area contributed by atoms with Gasteiger partial charge in [-0.05, 0) is 242 Å². The lowest BCUT2D eigenvalue weighted by Crippen LogP contribution is -2.22. The van der Waals surface area contributed by atoms with Crippen molar-refractivity contribution in [1.82, 2.24) is 0 Å². The Morgan fingerprint density at radius 1 is 0.252 bits per heavy atom. The van der Waals surface area contributed by atoms with Gasteiger partial charge in [0.25, 0.3) is 70.8 Å². The number of aliphatic hydroxyl groups is 4. The molecule has 7 rings (SSSR count). The molecule has 0 bridgehead atoms. The summed E-state index contributed by atoms with van der Waals surface area (Å²) in [6, 6.07) is 57.6. The second-order valence-electron chi connectivity index (χ2n) is 43.1. The average molecular weight is 2170 g/mol. The van der Waals surface area contributed by atoms with Crippen molar-refractivity contribution in [3.05, 3.63) is 247 Å². The molecule has 4 atom stereocenters. The number of benzene rings is 7. The predicted octanol–water partition coefficient (Wildman–Crippen LogP) is 24.8. The first-order valence-electron chi connectivity index (χ1n) is 47.5. The van der Waals surface area contributed by atoms with Crippen LogP contribution in [0.15, 0.2) is 180 Å². The van der Waals surface area contributed by atoms with Gasteiger partial charge in [-0.3, -0.25) is 31.9 Å². The highest BCUT2D eigenvalue weighted by molar-refractivity contribution is 9.10. The van der Waals surface area contributed by atoms with Gasteiger partial charge in [0.1, 0.15) is 0 Å². The van der Waals surface area contributed by atoms with E-state index in [1.165, 1.54) is 33.4 Å². The molecule has 0 aliphatic heterocycles. The van der Waals surface area contributed by atoms with Crippen LogP contribution >= 0.6 is 27.5 Å². The monoisotopic (exact) mass is 2160 g/mol. The minimum atomic E-state index is -3.90. The molecule has 0 radical (unpaired) electrons. The van der Waals surface area contributed by atoms with Crippen molar-refractivity contribution in [1.29, 1.82) is 0 Å². The highest BCUT2D eigenvalue weighted by Crippen LogP contribution is 2.43. The lowest BCUT2D eigenvalue weighted by Gasteiger charge is -2.31. The number of hydrogen-bond acceptors (Lipinski definition) is 18. The van der Waals surface area contributed by atoms with Crippen LogP contribution in [-0.2, 0) is 95.5 Å². The van der Waals surface area contributed by atoms with E-state index in [2.05, 4.69) is 165 Å². The fourth-order valence-corrected chi connectivity index (χ4v) is 20.0. The van der Waals surface area contributed by atoms with E-state index in [4.69, 9.17) is 43.5 Å². The Kier molecular flexibility index (Phi) is 56.7. The van der Waals surface area contributed by atoms with Gasteiger partial charge in [-0.15, -0.1) is 0 Å². The highest BCUT2D eigenvalue weighted by atomic mass is 79.9. The van der Waals surface area contributed by atoms with Crippen LogP contribution in [0.1, 0.15) is 338 Å². The number of aryl methyl sites for hydroxylation is 3. The zero-order chi connectivity index (χ0) is 107. The first-order chi connectivity index (χ1) is 63.3. The molecule has 0 spiro atoms. The molecule has 0 amide bonds. The van der Waals surface area contributed by atoms with E-state index in [1.807, 2.05) is 141 Å². The van der Waals surface area contributed by atoms with Crippen LogP contribution in [0.4, 0.5) is 0 Å². The van der Waals surface area contributed by atoms with Gasteiger partial charge in [0.05, 0.1) is 64.7 Å². The van der Waals surface area contributed by atoms with E-state index in [-0.39, 0.29) is 83.6 Å². The lowest BCUT2D eigenvalue weighted by molar-refractivity contribution is 0.0414. The largest absolute Gasteiger partial charge is 0.388 e. The van der Waals surface area contributed by atoms with Crippen molar-refractivity contribution in [3.63, 3.8) is 0 Å². The van der Waals surface area contributed by atoms with Gasteiger partial charge in [0, 0.05) is 9.50 Å². The van der Waals surface area contributed by atoms with E-state index < -0.39 is 95.2 Å². The molecule has 0 fully saturated rings. The molecule has 0 saturated heterocycles. The number of hydrogen-bond donors (Lipinski definition) is 11. The molecule has 25 nitrogen and oxygen atoms in total. The Labute approximate surface area is 850 Å². The molecular weight excluding hydrogens is 2000 g/mol. The summed E-state index contributed by atoms with van der Waals surface area (Å²) >= 11 is 9.17. The van der Waals surface area contributed by atoms with Gasteiger partial charge in [0.15, 0.2) is 0 Å². The van der Waals surface area contributed by atoms with E-state index in [0.717, 1.165) is 90.1 Å². The molecule has 0 aromatic heterocycles. The van der Waals surface area contributed by atoms with E-state index in [1.54, 1.807) is 24.3 Å². The van der Waals surface area contributed by atoms with E-state index in [9.17, 15) is 79.4 Å². The van der Waals surface area contributed by atoms with Gasteiger partial charge in [-0.2, -0.15) is 58.9 Å². The summed E-state index contributed by atoms with van der Waals surface area (Å²) in [5, 5.41) is 42.2. The zero-order valence-corrected chi connectivity index (χ0v) is 93.8. The van der Waals surface area contributed by atoms with Crippen molar-refractivity contribution in [2.45, 2.75) is 322 Å². The zero-order valence-electron chi connectivity index (χ0n) is 85.7. The van der Waals surface area contributed by atoms with Crippen LogP contribution in [-0.4, -0.2) is 151 Å². The van der Waals surface area contributed by atoms with E-state index in [0.29, 0.717) is 101 Å². The lowest BCUT2D eigenvalue weighted by atomic mass is 9.78. The molecule has 7 aromatic rings. The Morgan fingerprint density at radius 2 is 0.439 bits per heavy atom. The minimum absolute atomic E-state index is 0.127. The molecule has 34 heteroatoms. The fourth-order valence-electron chi connectivity index (χ4n) is 15.6. The third-order valence-electron chi connectivity index (χ3n) is 24.4. The Balaban J connectivity index is 0.000000811. The maximum atomic E-state index is 10.7. The summed E-state index contributed by atoms with van der Waals surface area (Å²) in [5.41, 5.74) is 11.5. The fraction of sp³-hybridized carbons (Fsp3) is 0.600. The topological polar surface area (TPSA) is 462 Å². The van der Waals surface area contributed by atoms with Crippen LogP contribution < -0.4 is 0 Å². The Bertz CT molecular complexity index is 5190. The average Bonchev–Trinajstić information content (AvgIpc) is 0.839. The minimum Gasteiger partial charge on any atom is -0.388 e. The summed E-state index contributed by atoms with van der Waals surface area (Å²) in [7, 11) is -27.0. The van der Waals surface area contributed by atoms with Gasteiger partial charge in [-0.1, -0.05) is 359 Å². The second-order valence-corrected chi connectivity index (χ2v) is 55.5. The molecule has 7 aromatic carbocycles. The molecule has 4 unspecified atom stereocenters. The van der Waals surface area contributed by atoms with E-state index >= 15 is 0 Å². The van der Waals surface area contributed by atoms with Crippen molar-refractivity contribution >= 4 is 98.4 Å². The molecule has 792 valence electrons. The number of rotatable bonds is 49. The third kappa shape index (κ3) is 64.9. The Morgan fingerprint density at radius 3 is 0.655 bits per heavy atom. The van der Waals surface area contributed by atoms with Crippen LogP contribution in [0.25, 0.3) is 0 Å². The van der Waals surface area contributed by atoms with Gasteiger partial charge in [0.2, 0.25) is 0 Å². The summed E-state index contributed by atoms with van der Waals surface area (Å²) in [4.78, 5) is 0. The first-order valence-corrected chi connectivity index (χ1v) is 60.0. The molecular formula is C105H166BrClO25S7. The molecule has 0 saturated carbocycles. The highest BCUT2D eigenvalue weighted by Gasteiger charge is 2.34. The SMILES string of the molecule is CC(C)(CCCCS(=O)(=O)O)C(O)c1ccc(Br)cc1.CC(C)(CCCCS(=O)(=O)O)C(O)c1ccc(Cl)cc1.CC(C)(CCCCS(=O)(=O)O)C(O)c1ccccc1.CC(C)(CCCCS(=O)(=O)O)Cc1ccc(C(C)(C)C)cc1.Cc1ccc(C(O)C(C)(C)CCCCS(=O)(=O)O)cc1.Cc1ccc(CC(C)(C)CCCCS(=O)(=O)O)cc1.Cc1ccc(CC(C)(C)CCCCS(=O)(=O)O)cc1. The molecule has 0 aliphatic rings. The number of aliphatic hydroxyl groups excluding tert-OH is 4. The van der Waals surface area contributed by atoms with Crippen LogP contribution in [0.3, 0.4) is 0 Å². The maximum Gasteiger partial charge on any atom is 0.264 e. The molecule has 11 N–H and O–H groups in total. The summed E-state index contributed by atoms with van der Waals surface area (Å²) in [6.07, 6.45) is 14.3. The third-order valence-corrected chi connectivity index (χ3v) is 30.8. The van der Waals surface area contributed by atoms with Gasteiger partial charge in [-0.25, -0.2) is 0 Å². The Hall–Kier alpha value is -5.48. The maximum absolute atomic E-state index is 10.7. The smallest absolute Gasteiger partial charge is 0.264 e. The van der Waals surface area contributed by atoms with Crippen LogP contribution in [0, 0.1) is 58.7 Å². The van der Waals surface area contributed by atoms with Crippen LogP contribution in [0.5, 0.6) is 0 Å². The quantitative estimate of drug-likeness (QED) is 0.0125. The van der Waals surface area contributed by atoms with Gasteiger partial charge < -0.3 is 20.4 Å². The number of unbranched alkanes of at least 4 members (excludes halogenated alkanes) is 7. The number of halogens is 2. The van der Waals surface area contributed by atoms with Crippen molar-refractivity contribution in [2.75, 3.05) is 40.3 Å². The molecule has 0 aliphatic carbocycles. The standard InChI is InChI=1S/C18H30O3S.C15H24O4S.2C15H24O3S.C14H21BrO4S.C14H21ClO4S.C14H22O4S/c1-17(2,3)16-10-8-15(9-11-16)14-18(4,5)12-6-7-13-22(19,20)21;1-12-6-8-13(9-7-12)14(16)15(2,3)10-4-5-11-20(17,18)19;2*1-13-6-8-14(9-7-13)12-15(2,3)10-4-5-11-19(16,17)18;2*1-14(2,9-3-4-10-20(17,18)19)13(16)11-5-7-12(15)8-6-11;1-14(2,10-6-7-11-19(16,17)18)13(15)12-8-4-3-5-9-12/h8-11H,6-7,12-14H2,1-5H3,(H,19,20,21);6-9,14,16H,4-5,10-11H2,1-3H3,(H,17,18,19);2*6-9H,4-5,10-12H2,1-3H3,(H,16,17,18);2*5-8,13,16H,3-4,9-10H2,1-2H3,(H,17,18,19);3-5,8-9,13,15H,6-7,10-11H2,1-2H3,(H,16,17,18). The normalized spacial score (nSPS) is 13.7. The summed E-state index contributed by atoms with van der Waals surface area (Å²) < 4.78 is 211. The van der Waals surface area contributed by atoms with Crippen molar-refractivity contribution in [3.8, 4) is 0 Å². The molecule has 0 heterocycles. The van der Waals surface area contributed by atoms with Crippen LogP contribution in [0.2, 0.25) is 5.02 Å².